The van der Waals surface area contributed by atoms with Crippen LogP contribution in [0.1, 0.15) is 76.3 Å². The smallest absolute Gasteiger partial charge is 0.198 e. The molecule has 0 amide bonds. The summed E-state index contributed by atoms with van der Waals surface area (Å²) in [6.45, 7) is 16.4. The van der Waals surface area contributed by atoms with Crippen LogP contribution in [-0.4, -0.2) is 11.8 Å². The van der Waals surface area contributed by atoms with Gasteiger partial charge in [-0.15, -0.1) is 0 Å². The van der Waals surface area contributed by atoms with Crippen LogP contribution in [0.15, 0.2) is 150 Å². The van der Waals surface area contributed by atoms with Gasteiger partial charge in [0, 0.05) is 60.9 Å². The Hall–Kier alpha value is -6.78. The summed E-state index contributed by atoms with van der Waals surface area (Å²) in [5.74, 6) is 0. The third-order valence-electron chi connectivity index (χ3n) is 15.0. The Kier molecular flexibility index (Phi) is 6.94. The van der Waals surface area contributed by atoms with Gasteiger partial charge in [-0.25, -0.2) is 0 Å². The quantitative estimate of drug-likeness (QED) is 0.180. The number of fused-ring (bicyclic) bond motifs is 14. The molecule has 0 spiro atoms. The fraction of sp³-hybridized carbons (Fsp3) is 0.172. The Bertz CT molecular complexity index is 3610. The molecule has 8 aromatic carbocycles. The lowest BCUT2D eigenvalue weighted by atomic mass is 9.58. The summed E-state index contributed by atoms with van der Waals surface area (Å²) in [5, 5.41) is 8.77. The van der Waals surface area contributed by atoms with Gasteiger partial charge in [0.25, 0.3) is 0 Å². The van der Waals surface area contributed by atoms with Crippen LogP contribution in [0.4, 0.5) is 11.4 Å². The van der Waals surface area contributed by atoms with Gasteiger partial charge in [-0.2, -0.15) is 0 Å². The maximum Gasteiger partial charge on any atom is 0.198 e. The molecule has 4 heteroatoms. The van der Waals surface area contributed by atoms with E-state index in [-0.39, 0.29) is 16.2 Å². The van der Waals surface area contributed by atoms with Crippen LogP contribution in [0.2, 0.25) is 0 Å². The average molecular weight is 799 g/mol. The fourth-order valence-electron chi connectivity index (χ4n) is 11.7. The van der Waals surface area contributed by atoms with Crippen LogP contribution in [0, 0.1) is 0 Å². The van der Waals surface area contributed by atoms with Crippen molar-refractivity contribution < 1.29 is 4.42 Å². The van der Waals surface area contributed by atoms with Gasteiger partial charge in [0.15, 0.2) is 7.28 Å². The van der Waals surface area contributed by atoms with Crippen molar-refractivity contribution in [2.75, 3.05) is 5.32 Å². The van der Waals surface area contributed by atoms with Gasteiger partial charge in [0.05, 0.1) is 11.2 Å². The number of rotatable bonds is 3. The van der Waals surface area contributed by atoms with E-state index in [4.69, 9.17) is 4.42 Å². The molecular weight excluding hydrogens is 751 g/mol. The van der Waals surface area contributed by atoms with E-state index in [0.29, 0.717) is 0 Å². The average Bonchev–Trinajstić information content (AvgIpc) is 3.93. The molecule has 0 fully saturated rings. The minimum atomic E-state index is -0.113. The molecule has 13 rings (SSSR count). The molecule has 0 atom stereocenters. The van der Waals surface area contributed by atoms with Gasteiger partial charge < -0.3 is 14.3 Å². The summed E-state index contributed by atoms with van der Waals surface area (Å²) in [7, 11) is 0.826. The van der Waals surface area contributed by atoms with Crippen molar-refractivity contribution >= 4 is 73.3 Å². The molecule has 1 N–H and O–H groups in total. The second-order valence-corrected chi connectivity index (χ2v) is 20.2. The number of hydrogen-bond donors (Lipinski definition) is 1. The highest BCUT2D eigenvalue weighted by molar-refractivity contribution is 6.73. The van der Waals surface area contributed by atoms with Gasteiger partial charge >= 0.3 is 0 Å². The van der Waals surface area contributed by atoms with Crippen LogP contribution in [-0.2, 0) is 16.2 Å². The normalized spacial score (nSPS) is 15.1. The summed E-state index contributed by atoms with van der Waals surface area (Å²) in [5.41, 5.74) is 25.1. The van der Waals surface area contributed by atoms with E-state index in [1.54, 1.807) is 0 Å². The highest BCUT2D eigenvalue weighted by Gasteiger charge is 2.40. The van der Waals surface area contributed by atoms with Gasteiger partial charge in [0.2, 0.25) is 0 Å². The molecule has 1 aliphatic heterocycles. The maximum absolute atomic E-state index is 6.55. The summed E-state index contributed by atoms with van der Waals surface area (Å²) in [6.07, 6.45) is 0. The third kappa shape index (κ3) is 4.73. The first-order chi connectivity index (χ1) is 29.9. The number of hydrogen-bond acceptors (Lipinski definition) is 2. The zero-order chi connectivity index (χ0) is 42.0. The number of nitrogens with zero attached hydrogens (tertiary/aromatic N) is 1. The summed E-state index contributed by atoms with van der Waals surface area (Å²) in [6, 6.07) is 55.0. The molecule has 10 aromatic rings. The van der Waals surface area contributed by atoms with Gasteiger partial charge in [-0.05, 0) is 109 Å². The van der Waals surface area contributed by atoms with Crippen molar-refractivity contribution in [2.45, 2.75) is 64.7 Å². The van der Waals surface area contributed by atoms with Crippen molar-refractivity contribution in [1.82, 2.24) is 4.57 Å². The largest absolute Gasteiger partial charge is 0.456 e. The van der Waals surface area contributed by atoms with E-state index in [2.05, 4.69) is 204 Å². The van der Waals surface area contributed by atoms with E-state index in [1.165, 1.54) is 99.6 Å². The Morgan fingerprint density at radius 3 is 1.89 bits per heavy atom. The van der Waals surface area contributed by atoms with Gasteiger partial charge in [-0.3, -0.25) is 0 Å². The summed E-state index contributed by atoms with van der Waals surface area (Å²) >= 11 is 0. The fourth-order valence-corrected chi connectivity index (χ4v) is 11.7. The van der Waals surface area contributed by atoms with Crippen molar-refractivity contribution in [3.8, 4) is 39.1 Å². The van der Waals surface area contributed by atoms with Crippen LogP contribution < -0.4 is 16.2 Å². The Balaban J connectivity index is 1.11. The number of aromatic nitrogens is 1. The molecule has 3 heterocycles. The Morgan fingerprint density at radius 1 is 0.516 bits per heavy atom. The third-order valence-corrected chi connectivity index (χ3v) is 15.0. The monoisotopic (exact) mass is 798 g/mol. The first kappa shape index (κ1) is 35.9. The zero-order valence-corrected chi connectivity index (χ0v) is 36.4. The number of anilines is 2. The summed E-state index contributed by atoms with van der Waals surface area (Å²) in [4.78, 5) is 0. The minimum absolute atomic E-state index is 0.0704. The number of nitrogens with one attached hydrogen (secondary N) is 1. The van der Waals surface area contributed by atoms with Crippen molar-refractivity contribution in [1.29, 1.82) is 0 Å². The lowest BCUT2D eigenvalue weighted by molar-refractivity contribution is 0.590. The number of para-hydroxylation sites is 1. The molecule has 2 aromatic heterocycles. The summed E-state index contributed by atoms with van der Waals surface area (Å²) < 4.78 is 9.20. The van der Waals surface area contributed by atoms with Crippen molar-refractivity contribution in [3.05, 3.63) is 173 Å². The second kappa shape index (κ2) is 12.0. The predicted molar refractivity (Wildman–Crippen MR) is 263 cm³/mol. The van der Waals surface area contributed by atoms with E-state index >= 15 is 0 Å². The molecule has 62 heavy (non-hydrogen) atoms. The molecule has 0 radical (unpaired) electrons. The van der Waals surface area contributed by atoms with E-state index in [0.717, 1.165) is 40.6 Å². The van der Waals surface area contributed by atoms with E-state index < -0.39 is 0 Å². The van der Waals surface area contributed by atoms with Crippen LogP contribution >= 0.6 is 0 Å². The Labute approximate surface area is 363 Å². The first-order valence-electron chi connectivity index (χ1n) is 22.2. The molecular formula is C58H47BN2O. The number of benzene rings is 8. The lowest BCUT2D eigenvalue weighted by Crippen LogP contribution is -2.37. The first-order valence-corrected chi connectivity index (χ1v) is 22.2. The molecule has 2 aliphatic carbocycles. The van der Waals surface area contributed by atoms with Crippen LogP contribution in [0.3, 0.4) is 0 Å². The molecule has 0 unspecified atom stereocenters. The highest BCUT2D eigenvalue weighted by atomic mass is 16.3. The minimum Gasteiger partial charge on any atom is -0.456 e. The van der Waals surface area contributed by atoms with Crippen molar-refractivity contribution in [2.24, 2.45) is 0 Å². The van der Waals surface area contributed by atoms with Crippen LogP contribution in [0.5, 0.6) is 0 Å². The molecule has 298 valence electrons. The van der Waals surface area contributed by atoms with E-state index in [9.17, 15) is 0 Å². The highest BCUT2D eigenvalue weighted by Crippen LogP contribution is 2.53. The molecule has 3 aliphatic rings. The Morgan fingerprint density at radius 2 is 1.16 bits per heavy atom. The predicted octanol–water partition coefficient (Wildman–Crippen LogP) is 13.7. The molecule has 0 saturated heterocycles. The molecule has 0 bridgehead atoms. The van der Waals surface area contributed by atoms with Crippen molar-refractivity contribution in [3.63, 3.8) is 0 Å². The second-order valence-electron chi connectivity index (χ2n) is 20.2. The van der Waals surface area contributed by atoms with Gasteiger partial charge in [0.1, 0.15) is 11.2 Å². The standard InChI is InChI=1S/C58H47BN2O/c1-56(2,3)32-20-22-33(23-21-32)60-49-31-53-43(36-16-10-13-19-52(36)62-53)27-41(49)37-24-25-38-42-26-39-34-14-8-11-17-44(34)57(4,5)46(39)29-50(42)61-51-30-47-40(28-48(51)59-54(37)55(38)61)35-15-9-12-18-45(35)58(47,6)7/h8-31,59-60H,1-7H3. The molecule has 3 nitrogen and oxygen atoms in total. The van der Waals surface area contributed by atoms with Gasteiger partial charge in [-0.1, -0.05) is 151 Å². The number of furan rings is 1. The SMILES string of the molecule is CC(C)(C)c1ccc(Nc2cc3oc4ccccc4c3cc2-c2ccc3c4cc5c(cc4n4c3c2Bc2cc3c(cc2-4)C(C)(C)c2ccccc2-3)C(C)(C)c2ccccc2-5)cc1. The van der Waals surface area contributed by atoms with Crippen LogP contribution in [0.25, 0.3) is 82.8 Å². The maximum atomic E-state index is 6.55. The molecule has 0 saturated carbocycles. The lowest BCUT2D eigenvalue weighted by Gasteiger charge is -2.27. The topological polar surface area (TPSA) is 30.1 Å². The zero-order valence-electron chi connectivity index (χ0n) is 36.4. The van der Waals surface area contributed by atoms with E-state index in [1.807, 2.05) is 0 Å².